The van der Waals surface area contributed by atoms with Crippen LogP contribution in [-0.2, 0) is 10.0 Å². The van der Waals surface area contributed by atoms with Crippen LogP contribution >= 0.6 is 11.6 Å². The molecule has 0 radical (unpaired) electrons. The minimum absolute atomic E-state index is 0.0514. The molecular formula is C19H20ClFN2O3S. The fourth-order valence-electron chi connectivity index (χ4n) is 3.15. The predicted octanol–water partition coefficient (Wildman–Crippen LogP) is 4.29. The average Bonchev–Trinajstić information content (AvgIpc) is 2.65. The maximum absolute atomic E-state index is 13.8. The van der Waals surface area contributed by atoms with E-state index in [0.29, 0.717) is 6.54 Å². The van der Waals surface area contributed by atoms with Gasteiger partial charge in [-0.15, -0.1) is 0 Å². The number of sulfonamides is 1. The van der Waals surface area contributed by atoms with Gasteiger partial charge in [0.05, 0.1) is 10.6 Å². The Kier molecular flexibility index (Phi) is 5.83. The van der Waals surface area contributed by atoms with Crippen LogP contribution in [0.4, 0.5) is 10.1 Å². The fourth-order valence-corrected chi connectivity index (χ4v) is 5.07. The number of anilines is 1. The van der Waals surface area contributed by atoms with Gasteiger partial charge in [-0.05, 0) is 56.2 Å². The van der Waals surface area contributed by atoms with Crippen molar-refractivity contribution in [3.05, 3.63) is 58.9 Å². The molecule has 0 spiro atoms. The fraction of sp³-hybridized carbons (Fsp3) is 0.316. The van der Waals surface area contributed by atoms with Crippen molar-refractivity contribution in [2.45, 2.75) is 37.1 Å². The van der Waals surface area contributed by atoms with Crippen LogP contribution in [0.3, 0.4) is 0 Å². The molecule has 5 nitrogen and oxygen atoms in total. The SMILES string of the molecule is CC1CCCCN1S(=O)(=O)c1cccc(C(=O)Nc2cc(Cl)ccc2F)c1. The number of halogens is 2. The average molecular weight is 411 g/mol. The van der Waals surface area contributed by atoms with Crippen LogP contribution in [0.25, 0.3) is 0 Å². The number of hydrogen-bond acceptors (Lipinski definition) is 3. The zero-order valence-electron chi connectivity index (χ0n) is 14.8. The van der Waals surface area contributed by atoms with E-state index < -0.39 is 21.7 Å². The molecule has 8 heteroatoms. The third-order valence-corrected chi connectivity index (χ3v) is 6.87. The Balaban J connectivity index is 1.86. The standard InChI is InChI=1S/C19H20ClFN2O3S/c1-13-5-2-3-10-23(13)27(25,26)16-7-4-6-14(11-16)19(24)22-18-12-15(20)8-9-17(18)21/h4,6-9,11-13H,2-3,5,10H2,1H3,(H,22,24). The molecule has 1 aliphatic rings. The zero-order valence-corrected chi connectivity index (χ0v) is 16.4. The van der Waals surface area contributed by atoms with E-state index in [1.165, 1.54) is 40.7 Å². The third-order valence-electron chi connectivity index (χ3n) is 4.62. The van der Waals surface area contributed by atoms with Crippen molar-refractivity contribution in [1.29, 1.82) is 0 Å². The first-order valence-corrected chi connectivity index (χ1v) is 10.5. The number of amides is 1. The summed E-state index contributed by atoms with van der Waals surface area (Å²) >= 11 is 5.83. The second-order valence-electron chi connectivity index (χ2n) is 6.57. The van der Waals surface area contributed by atoms with Crippen LogP contribution in [0.5, 0.6) is 0 Å². The highest BCUT2D eigenvalue weighted by Gasteiger charge is 2.31. The van der Waals surface area contributed by atoms with Gasteiger partial charge in [0.15, 0.2) is 0 Å². The first-order chi connectivity index (χ1) is 12.8. The molecule has 1 fully saturated rings. The number of nitrogens with one attached hydrogen (secondary N) is 1. The first kappa shape index (κ1) is 19.8. The summed E-state index contributed by atoms with van der Waals surface area (Å²) in [5.41, 5.74) is 0.0607. The van der Waals surface area contributed by atoms with Gasteiger partial charge in [0.25, 0.3) is 5.91 Å². The molecule has 1 N–H and O–H groups in total. The van der Waals surface area contributed by atoms with Crippen LogP contribution in [0.2, 0.25) is 5.02 Å². The van der Waals surface area contributed by atoms with E-state index in [2.05, 4.69) is 5.32 Å². The molecule has 27 heavy (non-hydrogen) atoms. The summed E-state index contributed by atoms with van der Waals surface area (Å²) in [6.45, 7) is 2.35. The van der Waals surface area contributed by atoms with E-state index in [1.807, 2.05) is 6.92 Å². The molecule has 1 amide bonds. The molecule has 2 aromatic carbocycles. The summed E-state index contributed by atoms with van der Waals surface area (Å²) in [5.74, 6) is -1.24. The molecule has 1 unspecified atom stereocenters. The maximum Gasteiger partial charge on any atom is 0.255 e. The van der Waals surface area contributed by atoms with Crippen molar-refractivity contribution in [1.82, 2.24) is 4.31 Å². The minimum Gasteiger partial charge on any atom is -0.319 e. The summed E-state index contributed by atoms with van der Waals surface area (Å²) in [6.07, 6.45) is 2.63. The van der Waals surface area contributed by atoms with Gasteiger partial charge in [0, 0.05) is 23.2 Å². The molecule has 1 atom stereocenters. The number of piperidine rings is 1. The quantitative estimate of drug-likeness (QED) is 0.817. The molecule has 0 aliphatic carbocycles. The number of carbonyl (C=O) groups excluding carboxylic acids is 1. The monoisotopic (exact) mass is 410 g/mol. The van der Waals surface area contributed by atoms with Crippen molar-refractivity contribution in [3.63, 3.8) is 0 Å². The van der Waals surface area contributed by atoms with Crippen molar-refractivity contribution in [3.8, 4) is 0 Å². The molecule has 1 aliphatic heterocycles. The number of hydrogen-bond donors (Lipinski definition) is 1. The largest absolute Gasteiger partial charge is 0.319 e. The molecule has 3 rings (SSSR count). The Hall–Kier alpha value is -1.96. The summed E-state index contributed by atoms with van der Waals surface area (Å²) < 4.78 is 41.2. The lowest BCUT2D eigenvalue weighted by Crippen LogP contribution is -2.41. The van der Waals surface area contributed by atoms with E-state index in [0.717, 1.165) is 25.3 Å². The minimum atomic E-state index is -3.70. The lowest BCUT2D eigenvalue weighted by atomic mass is 10.1. The Morgan fingerprint density at radius 1 is 1.22 bits per heavy atom. The van der Waals surface area contributed by atoms with Gasteiger partial charge >= 0.3 is 0 Å². The normalized spacial score (nSPS) is 18.3. The van der Waals surface area contributed by atoms with Crippen LogP contribution in [0, 0.1) is 5.82 Å². The summed E-state index contributed by atoms with van der Waals surface area (Å²) in [5, 5.41) is 2.71. The highest BCUT2D eigenvalue weighted by atomic mass is 35.5. The van der Waals surface area contributed by atoms with E-state index in [9.17, 15) is 17.6 Å². The Labute approximate surface area is 163 Å². The van der Waals surface area contributed by atoms with Gasteiger partial charge in [-0.3, -0.25) is 4.79 Å². The summed E-state index contributed by atoms with van der Waals surface area (Å²) in [6, 6.07) is 9.51. The molecule has 0 aromatic heterocycles. The zero-order chi connectivity index (χ0) is 19.6. The molecule has 1 heterocycles. The smallest absolute Gasteiger partial charge is 0.255 e. The van der Waals surface area contributed by atoms with Crippen molar-refractivity contribution >= 4 is 33.2 Å². The first-order valence-electron chi connectivity index (χ1n) is 8.67. The second-order valence-corrected chi connectivity index (χ2v) is 8.89. The number of nitrogens with zero attached hydrogens (tertiary/aromatic N) is 1. The van der Waals surface area contributed by atoms with Gasteiger partial charge in [-0.2, -0.15) is 4.31 Å². The molecular weight excluding hydrogens is 391 g/mol. The van der Waals surface area contributed by atoms with E-state index in [4.69, 9.17) is 11.6 Å². The van der Waals surface area contributed by atoms with Crippen LogP contribution in [0.1, 0.15) is 36.5 Å². The maximum atomic E-state index is 13.8. The molecule has 1 saturated heterocycles. The van der Waals surface area contributed by atoms with Crippen LogP contribution < -0.4 is 5.32 Å². The molecule has 0 saturated carbocycles. The van der Waals surface area contributed by atoms with E-state index in [1.54, 1.807) is 0 Å². The molecule has 144 valence electrons. The Bertz CT molecular complexity index is 965. The van der Waals surface area contributed by atoms with Gasteiger partial charge in [-0.1, -0.05) is 24.1 Å². The Morgan fingerprint density at radius 3 is 2.74 bits per heavy atom. The third kappa shape index (κ3) is 4.31. The van der Waals surface area contributed by atoms with Crippen LogP contribution in [-0.4, -0.2) is 31.2 Å². The number of rotatable bonds is 4. The predicted molar refractivity (Wildman–Crippen MR) is 103 cm³/mol. The van der Waals surface area contributed by atoms with Gasteiger partial charge in [0.1, 0.15) is 5.82 Å². The van der Waals surface area contributed by atoms with Crippen LogP contribution in [0.15, 0.2) is 47.4 Å². The number of benzene rings is 2. The highest BCUT2D eigenvalue weighted by molar-refractivity contribution is 7.89. The van der Waals surface area contributed by atoms with E-state index >= 15 is 0 Å². The van der Waals surface area contributed by atoms with E-state index in [-0.39, 0.29) is 27.2 Å². The number of carbonyl (C=O) groups is 1. The van der Waals surface area contributed by atoms with Crippen molar-refractivity contribution < 1.29 is 17.6 Å². The van der Waals surface area contributed by atoms with Gasteiger partial charge in [0.2, 0.25) is 10.0 Å². The summed E-state index contributed by atoms with van der Waals surface area (Å²) in [4.78, 5) is 12.5. The highest BCUT2D eigenvalue weighted by Crippen LogP contribution is 2.26. The molecule has 2 aromatic rings. The Morgan fingerprint density at radius 2 is 2.00 bits per heavy atom. The molecule has 0 bridgehead atoms. The lowest BCUT2D eigenvalue weighted by Gasteiger charge is -2.32. The topological polar surface area (TPSA) is 66.5 Å². The van der Waals surface area contributed by atoms with Crippen molar-refractivity contribution in [2.24, 2.45) is 0 Å². The van der Waals surface area contributed by atoms with Crippen molar-refractivity contribution in [2.75, 3.05) is 11.9 Å². The lowest BCUT2D eigenvalue weighted by molar-refractivity contribution is 0.102. The van der Waals surface area contributed by atoms with Gasteiger partial charge < -0.3 is 5.32 Å². The second kappa shape index (κ2) is 7.96. The van der Waals surface area contributed by atoms with Gasteiger partial charge in [-0.25, -0.2) is 12.8 Å². The summed E-state index contributed by atoms with van der Waals surface area (Å²) in [7, 11) is -3.70.